The number of nitrogens with two attached hydrogens (primary N) is 1. The highest BCUT2D eigenvalue weighted by Gasteiger charge is 2.30. The molecule has 12 heavy (non-hydrogen) atoms. The summed E-state index contributed by atoms with van der Waals surface area (Å²) >= 11 is 0. The van der Waals surface area contributed by atoms with Crippen LogP contribution in [0.2, 0.25) is 0 Å². The van der Waals surface area contributed by atoms with E-state index in [2.05, 4.69) is 0 Å². The first kappa shape index (κ1) is 8.80. The number of allylic oxidation sites excluding steroid dienone is 2. The Kier molecular flexibility index (Phi) is 2.50. The number of hydrogen-bond donors (Lipinski definition) is 2. The van der Waals surface area contributed by atoms with Gasteiger partial charge in [-0.3, -0.25) is 4.79 Å². The van der Waals surface area contributed by atoms with E-state index in [-0.39, 0.29) is 0 Å². The molecule has 0 aromatic carbocycles. The summed E-state index contributed by atoms with van der Waals surface area (Å²) in [7, 11) is 1.46. The monoisotopic (exact) mass is 169 g/mol. The molecule has 1 aliphatic carbocycles. The van der Waals surface area contributed by atoms with Crippen LogP contribution >= 0.6 is 0 Å². The number of rotatable bonds is 2. The maximum atomic E-state index is 10.7. The molecule has 0 saturated carbocycles. The predicted molar refractivity (Wildman–Crippen MR) is 43.3 cm³/mol. The van der Waals surface area contributed by atoms with Crippen LogP contribution in [0.15, 0.2) is 23.9 Å². The van der Waals surface area contributed by atoms with Gasteiger partial charge < -0.3 is 15.6 Å². The number of carboxylic acids is 1. The van der Waals surface area contributed by atoms with E-state index in [0.717, 1.165) is 0 Å². The molecular formula is C8H11NO3. The van der Waals surface area contributed by atoms with Crippen LogP contribution in [0.1, 0.15) is 0 Å². The second-order valence-corrected chi connectivity index (χ2v) is 2.57. The summed E-state index contributed by atoms with van der Waals surface area (Å²) in [6.45, 7) is 0. The van der Waals surface area contributed by atoms with Crippen LogP contribution < -0.4 is 5.73 Å². The number of carboxylic acid groups (broad SMARTS) is 1. The minimum atomic E-state index is -0.958. The van der Waals surface area contributed by atoms with Gasteiger partial charge in [0.15, 0.2) is 0 Å². The molecule has 0 aromatic rings. The Labute approximate surface area is 70.3 Å². The molecule has 2 unspecified atom stereocenters. The molecular weight excluding hydrogens is 158 g/mol. The standard InChI is InChI=1S/C8H11NO3/c1-12-6-4-2-3-5(9)7(6)8(10)11/h2-4,6-7H,9H2,1H3,(H,10,11). The number of ether oxygens (including phenoxy) is 1. The fourth-order valence-corrected chi connectivity index (χ4v) is 1.18. The van der Waals surface area contributed by atoms with Gasteiger partial charge in [0, 0.05) is 12.8 Å². The molecule has 0 aromatic heterocycles. The Morgan fingerprint density at radius 1 is 1.75 bits per heavy atom. The van der Waals surface area contributed by atoms with E-state index in [9.17, 15) is 4.79 Å². The van der Waals surface area contributed by atoms with Gasteiger partial charge in [0.2, 0.25) is 0 Å². The van der Waals surface area contributed by atoms with Gasteiger partial charge in [-0.2, -0.15) is 0 Å². The SMILES string of the molecule is COC1C=CC=C(N)C1C(=O)O. The fraction of sp³-hybridized carbons (Fsp3) is 0.375. The lowest BCUT2D eigenvalue weighted by Crippen LogP contribution is -2.34. The van der Waals surface area contributed by atoms with E-state index in [1.807, 2.05) is 0 Å². The zero-order chi connectivity index (χ0) is 9.14. The molecule has 0 aliphatic heterocycles. The molecule has 0 spiro atoms. The first-order valence-electron chi connectivity index (χ1n) is 3.56. The Morgan fingerprint density at radius 3 is 2.83 bits per heavy atom. The minimum Gasteiger partial charge on any atom is -0.481 e. The highest BCUT2D eigenvalue weighted by atomic mass is 16.5. The molecule has 66 valence electrons. The van der Waals surface area contributed by atoms with Crippen molar-refractivity contribution in [2.24, 2.45) is 11.7 Å². The molecule has 0 saturated heterocycles. The summed E-state index contributed by atoms with van der Waals surface area (Å²) < 4.78 is 4.95. The molecule has 1 rings (SSSR count). The largest absolute Gasteiger partial charge is 0.481 e. The Balaban J connectivity index is 2.86. The third-order valence-electron chi connectivity index (χ3n) is 1.82. The lowest BCUT2D eigenvalue weighted by atomic mass is 9.94. The van der Waals surface area contributed by atoms with E-state index in [4.69, 9.17) is 15.6 Å². The smallest absolute Gasteiger partial charge is 0.315 e. The van der Waals surface area contributed by atoms with Gasteiger partial charge in [-0.25, -0.2) is 0 Å². The normalized spacial score (nSPS) is 28.2. The van der Waals surface area contributed by atoms with E-state index in [0.29, 0.717) is 5.70 Å². The summed E-state index contributed by atoms with van der Waals surface area (Å²) in [6, 6.07) is 0. The summed E-state index contributed by atoms with van der Waals surface area (Å²) in [5.74, 6) is -1.71. The third-order valence-corrected chi connectivity index (χ3v) is 1.82. The number of hydrogen-bond acceptors (Lipinski definition) is 3. The third kappa shape index (κ3) is 1.48. The molecule has 0 fully saturated rings. The van der Waals surface area contributed by atoms with Crippen molar-refractivity contribution in [1.29, 1.82) is 0 Å². The van der Waals surface area contributed by atoms with Gasteiger partial charge in [0.25, 0.3) is 0 Å². The van der Waals surface area contributed by atoms with Crippen LogP contribution in [-0.2, 0) is 9.53 Å². The summed E-state index contributed by atoms with van der Waals surface area (Å²) in [5, 5.41) is 8.78. The van der Waals surface area contributed by atoms with Crippen LogP contribution in [0.3, 0.4) is 0 Å². The van der Waals surface area contributed by atoms with Crippen molar-refractivity contribution in [3.63, 3.8) is 0 Å². The predicted octanol–water partition coefficient (Wildman–Crippen LogP) is 0.115. The summed E-state index contributed by atoms with van der Waals surface area (Å²) in [4.78, 5) is 10.7. The molecule has 4 heteroatoms. The lowest BCUT2D eigenvalue weighted by Gasteiger charge is -2.22. The van der Waals surface area contributed by atoms with E-state index in [1.54, 1.807) is 18.2 Å². The highest BCUT2D eigenvalue weighted by molar-refractivity contribution is 5.75. The second kappa shape index (κ2) is 3.40. The zero-order valence-corrected chi connectivity index (χ0v) is 6.73. The van der Waals surface area contributed by atoms with Crippen molar-refractivity contribution < 1.29 is 14.6 Å². The fourth-order valence-electron chi connectivity index (χ4n) is 1.18. The van der Waals surface area contributed by atoms with E-state index in [1.165, 1.54) is 7.11 Å². The first-order valence-corrected chi connectivity index (χ1v) is 3.56. The van der Waals surface area contributed by atoms with Gasteiger partial charge in [-0.05, 0) is 6.08 Å². The molecule has 1 aliphatic rings. The maximum absolute atomic E-state index is 10.7. The average Bonchev–Trinajstić information content (AvgIpc) is 2.03. The summed E-state index contributed by atoms with van der Waals surface area (Å²) in [5.41, 5.74) is 5.83. The molecule has 0 amide bonds. The van der Waals surface area contributed by atoms with Gasteiger partial charge in [0.1, 0.15) is 5.92 Å². The number of methoxy groups -OCH3 is 1. The molecule has 0 radical (unpaired) electrons. The van der Waals surface area contributed by atoms with Crippen LogP contribution in [-0.4, -0.2) is 24.3 Å². The molecule has 0 bridgehead atoms. The number of carbonyl (C=O) groups is 1. The van der Waals surface area contributed by atoms with E-state index >= 15 is 0 Å². The molecule has 2 atom stereocenters. The van der Waals surface area contributed by atoms with Crippen LogP contribution in [0.4, 0.5) is 0 Å². The Bertz CT molecular complexity index is 245. The summed E-state index contributed by atoms with van der Waals surface area (Å²) in [6.07, 6.45) is 4.50. The van der Waals surface area contributed by atoms with Gasteiger partial charge in [0.05, 0.1) is 6.10 Å². The highest BCUT2D eigenvalue weighted by Crippen LogP contribution is 2.19. The minimum absolute atomic E-state index is 0.330. The maximum Gasteiger partial charge on any atom is 0.315 e. The first-order chi connectivity index (χ1) is 5.66. The van der Waals surface area contributed by atoms with Gasteiger partial charge >= 0.3 is 5.97 Å². The average molecular weight is 169 g/mol. The van der Waals surface area contributed by atoms with Gasteiger partial charge in [-0.15, -0.1) is 0 Å². The molecule has 0 heterocycles. The van der Waals surface area contributed by atoms with Crippen molar-refractivity contribution in [2.45, 2.75) is 6.10 Å². The Morgan fingerprint density at radius 2 is 2.42 bits per heavy atom. The quantitative estimate of drug-likeness (QED) is 0.615. The lowest BCUT2D eigenvalue weighted by molar-refractivity contribution is -0.143. The second-order valence-electron chi connectivity index (χ2n) is 2.57. The molecule has 4 nitrogen and oxygen atoms in total. The van der Waals surface area contributed by atoms with E-state index < -0.39 is 18.0 Å². The van der Waals surface area contributed by atoms with Crippen molar-refractivity contribution in [3.05, 3.63) is 23.9 Å². The number of aliphatic carboxylic acids is 1. The van der Waals surface area contributed by atoms with Crippen LogP contribution in [0.5, 0.6) is 0 Å². The molecule has 3 N–H and O–H groups in total. The van der Waals surface area contributed by atoms with Gasteiger partial charge in [-0.1, -0.05) is 12.2 Å². The van der Waals surface area contributed by atoms with Crippen LogP contribution in [0.25, 0.3) is 0 Å². The Hall–Kier alpha value is -1.29. The zero-order valence-electron chi connectivity index (χ0n) is 6.73. The van der Waals surface area contributed by atoms with Crippen molar-refractivity contribution >= 4 is 5.97 Å². The topological polar surface area (TPSA) is 72.5 Å². The van der Waals surface area contributed by atoms with Crippen molar-refractivity contribution in [3.8, 4) is 0 Å². The van der Waals surface area contributed by atoms with Crippen molar-refractivity contribution in [1.82, 2.24) is 0 Å². The van der Waals surface area contributed by atoms with Crippen LogP contribution in [0, 0.1) is 5.92 Å². The van der Waals surface area contributed by atoms with Crippen molar-refractivity contribution in [2.75, 3.05) is 7.11 Å².